The predicted molar refractivity (Wildman–Crippen MR) is 60.3 cm³/mol. The van der Waals surface area contributed by atoms with E-state index < -0.39 is 5.97 Å². The van der Waals surface area contributed by atoms with Gasteiger partial charge in [-0.15, -0.1) is 0 Å². The highest BCUT2D eigenvalue weighted by Gasteiger charge is 2.23. The minimum Gasteiger partial charge on any atom is -0.476 e. The minimum atomic E-state index is -1.13. The van der Waals surface area contributed by atoms with E-state index in [1.807, 2.05) is 4.90 Å². The average molecular weight is 249 g/mol. The van der Waals surface area contributed by atoms with Crippen LogP contribution < -0.4 is 4.90 Å². The first kappa shape index (κ1) is 10.8. The number of aromatic amines is 1. The van der Waals surface area contributed by atoms with Crippen LogP contribution in [0.1, 0.15) is 23.3 Å². The second-order valence-corrected chi connectivity index (χ2v) is 4.02. The molecule has 0 bridgehead atoms. The molecule has 0 atom stereocenters. The monoisotopic (exact) mass is 249 g/mol. The van der Waals surface area contributed by atoms with E-state index in [9.17, 15) is 4.79 Å². The van der Waals surface area contributed by atoms with E-state index in [0.717, 1.165) is 25.9 Å². The van der Waals surface area contributed by atoms with Gasteiger partial charge in [-0.2, -0.15) is 4.98 Å². The zero-order valence-corrected chi connectivity index (χ0v) is 9.46. The molecule has 3 heterocycles. The number of carboxylic acids is 1. The van der Waals surface area contributed by atoms with E-state index in [2.05, 4.69) is 20.1 Å². The van der Waals surface area contributed by atoms with Crippen molar-refractivity contribution in [3.63, 3.8) is 0 Å². The molecule has 0 saturated carbocycles. The Morgan fingerprint density at radius 1 is 1.44 bits per heavy atom. The molecule has 0 aromatic carbocycles. The fourth-order valence-corrected chi connectivity index (χ4v) is 1.98. The molecule has 0 spiro atoms. The first-order valence-corrected chi connectivity index (χ1v) is 5.61. The number of nitrogens with one attached hydrogen (secondary N) is 1. The van der Waals surface area contributed by atoms with Gasteiger partial charge in [-0.3, -0.25) is 0 Å². The summed E-state index contributed by atoms with van der Waals surface area (Å²) in [5, 5.41) is 12.8. The molecule has 94 valence electrons. The molecule has 1 fully saturated rings. The van der Waals surface area contributed by atoms with Crippen LogP contribution in [0.15, 0.2) is 10.9 Å². The number of anilines is 1. The van der Waals surface area contributed by atoms with E-state index >= 15 is 0 Å². The Hall–Kier alpha value is -2.38. The number of hydrogen-bond donors (Lipinski definition) is 2. The first-order valence-electron chi connectivity index (χ1n) is 5.61. The van der Waals surface area contributed by atoms with Gasteiger partial charge in [-0.1, -0.05) is 0 Å². The number of hydrogen-bond acceptors (Lipinski definition) is 6. The number of H-pyrrole nitrogens is 1. The van der Waals surface area contributed by atoms with E-state index in [-0.39, 0.29) is 17.3 Å². The number of nitrogens with zero attached hydrogens (tertiary/aromatic N) is 4. The molecular weight excluding hydrogens is 238 g/mol. The summed E-state index contributed by atoms with van der Waals surface area (Å²) < 4.78 is 5.07. The lowest BCUT2D eigenvalue weighted by atomic mass is 10.3. The third-order valence-electron chi connectivity index (χ3n) is 2.86. The van der Waals surface area contributed by atoms with Gasteiger partial charge in [0.25, 0.3) is 11.8 Å². The molecule has 2 aromatic heterocycles. The number of aromatic carboxylic acids is 1. The van der Waals surface area contributed by atoms with Gasteiger partial charge in [0.2, 0.25) is 0 Å². The van der Waals surface area contributed by atoms with Gasteiger partial charge >= 0.3 is 5.97 Å². The maximum absolute atomic E-state index is 10.9. The largest absolute Gasteiger partial charge is 0.476 e. The second-order valence-electron chi connectivity index (χ2n) is 4.02. The van der Waals surface area contributed by atoms with E-state index in [1.165, 1.54) is 6.33 Å². The summed E-state index contributed by atoms with van der Waals surface area (Å²) >= 11 is 0. The highest BCUT2D eigenvalue weighted by Crippen LogP contribution is 2.23. The van der Waals surface area contributed by atoms with Crippen molar-refractivity contribution in [2.24, 2.45) is 0 Å². The Labute approximate surface area is 102 Å². The average Bonchev–Trinajstić information content (AvgIpc) is 3.10. The van der Waals surface area contributed by atoms with E-state index in [4.69, 9.17) is 9.63 Å². The molecule has 8 heteroatoms. The molecule has 0 unspecified atom stereocenters. The van der Waals surface area contributed by atoms with Crippen LogP contribution in [0.5, 0.6) is 0 Å². The van der Waals surface area contributed by atoms with Gasteiger partial charge in [0.05, 0.1) is 6.33 Å². The lowest BCUT2D eigenvalue weighted by Crippen LogP contribution is -2.18. The van der Waals surface area contributed by atoms with Crippen molar-refractivity contribution in [1.82, 2.24) is 20.1 Å². The zero-order valence-electron chi connectivity index (χ0n) is 9.46. The van der Waals surface area contributed by atoms with Crippen LogP contribution in [0, 0.1) is 0 Å². The molecule has 8 nitrogen and oxygen atoms in total. The molecule has 3 rings (SSSR count). The van der Waals surface area contributed by atoms with Crippen molar-refractivity contribution >= 4 is 11.9 Å². The van der Waals surface area contributed by atoms with Crippen LogP contribution in [-0.2, 0) is 0 Å². The Morgan fingerprint density at radius 2 is 2.22 bits per heavy atom. The highest BCUT2D eigenvalue weighted by atomic mass is 16.5. The van der Waals surface area contributed by atoms with Gasteiger partial charge in [0.15, 0.2) is 5.69 Å². The minimum absolute atomic E-state index is 0.119. The van der Waals surface area contributed by atoms with Crippen LogP contribution in [-0.4, -0.2) is 44.3 Å². The highest BCUT2D eigenvalue weighted by molar-refractivity contribution is 5.91. The van der Waals surface area contributed by atoms with Crippen LogP contribution in [0.2, 0.25) is 0 Å². The number of imidazole rings is 1. The van der Waals surface area contributed by atoms with Gasteiger partial charge in [0.1, 0.15) is 5.69 Å². The fraction of sp³-hybridized carbons (Fsp3) is 0.400. The van der Waals surface area contributed by atoms with Crippen LogP contribution >= 0.6 is 0 Å². The summed E-state index contributed by atoms with van der Waals surface area (Å²) in [6.07, 6.45) is 3.50. The number of carbonyl (C=O) groups is 1. The summed E-state index contributed by atoms with van der Waals surface area (Å²) in [6.45, 7) is 1.79. The summed E-state index contributed by atoms with van der Waals surface area (Å²) in [5.74, 6) is -0.493. The standard InChI is InChI=1S/C10H11N5O3/c16-9(17)7-6(11-5-12-7)8-13-10(14-18-8)15-3-1-2-4-15/h5H,1-4H2,(H,11,12)(H,16,17). The lowest BCUT2D eigenvalue weighted by Gasteiger charge is -2.09. The topological polar surface area (TPSA) is 108 Å². The van der Waals surface area contributed by atoms with Crippen molar-refractivity contribution < 1.29 is 14.4 Å². The zero-order chi connectivity index (χ0) is 12.5. The predicted octanol–water partition coefficient (Wildman–Crippen LogP) is 0.758. The van der Waals surface area contributed by atoms with Crippen LogP contribution in [0.3, 0.4) is 0 Å². The Kier molecular flexibility index (Phi) is 2.47. The summed E-state index contributed by atoms with van der Waals surface area (Å²) in [5.41, 5.74) is 0.118. The Balaban J connectivity index is 1.92. The third-order valence-corrected chi connectivity index (χ3v) is 2.86. The van der Waals surface area contributed by atoms with Crippen molar-refractivity contribution in [3.8, 4) is 11.6 Å². The molecule has 0 aliphatic carbocycles. The van der Waals surface area contributed by atoms with Crippen LogP contribution in [0.25, 0.3) is 11.6 Å². The van der Waals surface area contributed by atoms with Gasteiger partial charge in [0, 0.05) is 13.1 Å². The normalized spacial score (nSPS) is 15.2. The first-order chi connectivity index (χ1) is 8.75. The van der Waals surface area contributed by atoms with Gasteiger partial charge in [-0.25, -0.2) is 9.78 Å². The van der Waals surface area contributed by atoms with Crippen molar-refractivity contribution in [2.45, 2.75) is 12.8 Å². The van der Waals surface area contributed by atoms with Crippen molar-refractivity contribution in [1.29, 1.82) is 0 Å². The molecule has 1 aliphatic rings. The van der Waals surface area contributed by atoms with E-state index in [1.54, 1.807) is 0 Å². The SMILES string of the molecule is O=C(O)c1nc[nH]c1-c1nc(N2CCCC2)no1. The molecular formula is C10H11N5O3. The van der Waals surface area contributed by atoms with E-state index in [0.29, 0.717) is 5.95 Å². The molecule has 1 saturated heterocycles. The molecule has 2 N–H and O–H groups in total. The smallest absolute Gasteiger partial charge is 0.356 e. The Bertz CT molecular complexity index is 570. The quantitative estimate of drug-likeness (QED) is 0.826. The summed E-state index contributed by atoms with van der Waals surface area (Å²) in [6, 6.07) is 0. The van der Waals surface area contributed by atoms with Crippen molar-refractivity contribution in [3.05, 3.63) is 12.0 Å². The molecule has 0 radical (unpaired) electrons. The van der Waals surface area contributed by atoms with Crippen LogP contribution in [0.4, 0.5) is 5.95 Å². The van der Waals surface area contributed by atoms with Crippen molar-refractivity contribution in [2.75, 3.05) is 18.0 Å². The molecule has 1 aliphatic heterocycles. The summed E-state index contributed by atoms with van der Waals surface area (Å²) in [7, 11) is 0. The number of aromatic nitrogens is 4. The third kappa shape index (κ3) is 1.71. The lowest BCUT2D eigenvalue weighted by molar-refractivity contribution is 0.0691. The fourth-order valence-electron chi connectivity index (χ4n) is 1.98. The maximum Gasteiger partial charge on any atom is 0.356 e. The number of carboxylic acid groups (broad SMARTS) is 1. The number of rotatable bonds is 3. The van der Waals surface area contributed by atoms with Gasteiger partial charge < -0.3 is 19.5 Å². The summed E-state index contributed by atoms with van der Waals surface area (Å²) in [4.78, 5) is 23.5. The second kappa shape index (κ2) is 4.13. The Morgan fingerprint density at radius 3 is 2.94 bits per heavy atom. The van der Waals surface area contributed by atoms with Gasteiger partial charge in [-0.05, 0) is 18.0 Å². The molecule has 18 heavy (non-hydrogen) atoms. The molecule has 0 amide bonds. The maximum atomic E-state index is 10.9. The molecule has 2 aromatic rings.